The van der Waals surface area contributed by atoms with Gasteiger partial charge in [0, 0.05) is 26.6 Å². The van der Waals surface area contributed by atoms with Crippen molar-refractivity contribution in [2.75, 3.05) is 26.7 Å². The molecule has 7 heteroatoms. The summed E-state index contributed by atoms with van der Waals surface area (Å²) in [5.41, 5.74) is -0.705. The number of rotatable bonds is 2. The zero-order valence-electron chi connectivity index (χ0n) is 12.2. The van der Waals surface area contributed by atoms with E-state index >= 15 is 0 Å². The van der Waals surface area contributed by atoms with Gasteiger partial charge in [0.15, 0.2) is 0 Å². The van der Waals surface area contributed by atoms with Crippen LogP contribution in [0.25, 0.3) is 0 Å². The van der Waals surface area contributed by atoms with E-state index in [4.69, 9.17) is 4.74 Å². The topological polar surface area (TPSA) is 66.9 Å². The fourth-order valence-electron chi connectivity index (χ4n) is 3.73. The van der Waals surface area contributed by atoms with Gasteiger partial charge in [0.1, 0.15) is 10.9 Å². The van der Waals surface area contributed by atoms with E-state index in [0.29, 0.717) is 38.4 Å². The third-order valence-corrected chi connectivity index (χ3v) is 6.91. The molecule has 3 aliphatic heterocycles. The fraction of sp³-hybridized carbons (Fsp3) is 0.923. The second-order valence-electron chi connectivity index (χ2n) is 6.70. The Morgan fingerprint density at radius 3 is 2.75 bits per heavy atom. The molecule has 0 aromatic rings. The molecule has 0 radical (unpaired) electrons. The first-order chi connectivity index (χ1) is 9.24. The molecule has 2 bridgehead atoms. The van der Waals surface area contributed by atoms with Crippen molar-refractivity contribution in [1.82, 2.24) is 9.21 Å². The largest absolute Gasteiger partial charge is 0.365 e. The number of carbonyl (C=O) groups is 1. The highest BCUT2D eigenvalue weighted by atomic mass is 32.2. The lowest BCUT2D eigenvalue weighted by Crippen LogP contribution is -2.56. The third-order valence-electron chi connectivity index (χ3n) is 4.57. The summed E-state index contributed by atoms with van der Waals surface area (Å²) in [6.45, 7) is 5.33. The number of hydrogen-bond donors (Lipinski definition) is 0. The molecule has 20 heavy (non-hydrogen) atoms. The van der Waals surface area contributed by atoms with E-state index in [-0.39, 0.29) is 12.0 Å². The Kier molecular flexibility index (Phi) is 3.15. The first-order valence-electron chi connectivity index (χ1n) is 7.15. The van der Waals surface area contributed by atoms with Gasteiger partial charge in [-0.25, -0.2) is 12.7 Å². The number of likely N-dealkylation sites (tertiary alicyclic amines) is 1. The number of fused-ring (bicyclic) bond motifs is 1. The van der Waals surface area contributed by atoms with Crippen LogP contribution in [0.15, 0.2) is 0 Å². The van der Waals surface area contributed by atoms with Crippen molar-refractivity contribution in [2.24, 2.45) is 5.92 Å². The Morgan fingerprint density at radius 1 is 1.40 bits per heavy atom. The molecular formula is C13H22N2O4S. The van der Waals surface area contributed by atoms with Gasteiger partial charge in [0.2, 0.25) is 15.9 Å². The monoisotopic (exact) mass is 302 g/mol. The minimum absolute atomic E-state index is 0.111. The summed E-state index contributed by atoms with van der Waals surface area (Å²) in [4.78, 5) is 14.1. The van der Waals surface area contributed by atoms with Gasteiger partial charge < -0.3 is 9.64 Å². The van der Waals surface area contributed by atoms with Gasteiger partial charge in [-0.1, -0.05) is 13.8 Å². The van der Waals surface area contributed by atoms with Gasteiger partial charge >= 0.3 is 0 Å². The third kappa shape index (κ3) is 1.98. The van der Waals surface area contributed by atoms with Crippen molar-refractivity contribution >= 4 is 15.9 Å². The summed E-state index contributed by atoms with van der Waals surface area (Å²) in [5.74, 6) is 0.423. The molecular weight excluding hydrogens is 280 g/mol. The maximum atomic E-state index is 12.3. The average Bonchev–Trinajstić information content (AvgIpc) is 2.67. The van der Waals surface area contributed by atoms with Crippen molar-refractivity contribution < 1.29 is 17.9 Å². The van der Waals surface area contributed by atoms with Gasteiger partial charge in [0.25, 0.3) is 0 Å². The highest BCUT2D eigenvalue weighted by molar-refractivity contribution is 7.90. The van der Waals surface area contributed by atoms with E-state index in [0.717, 1.165) is 0 Å². The molecule has 1 amide bonds. The summed E-state index contributed by atoms with van der Waals surface area (Å²) in [7, 11) is -1.67. The van der Waals surface area contributed by atoms with Crippen LogP contribution in [0.1, 0.15) is 26.7 Å². The zero-order valence-corrected chi connectivity index (χ0v) is 13.0. The van der Waals surface area contributed by atoms with Crippen molar-refractivity contribution in [2.45, 2.75) is 43.6 Å². The van der Waals surface area contributed by atoms with Crippen molar-refractivity contribution in [1.29, 1.82) is 0 Å². The molecule has 6 nitrogen and oxygen atoms in total. The number of carbonyl (C=O) groups excluding carboxylic acids is 1. The SMILES string of the molecule is CC(C)CC(=O)N1C[C@H]2C[C@H]3[C@](C1)(CN(C)S3(=O)=O)O2. The highest BCUT2D eigenvalue weighted by Gasteiger charge is 2.64. The van der Waals surface area contributed by atoms with E-state index in [1.165, 1.54) is 4.31 Å². The molecule has 0 saturated carbocycles. The second-order valence-corrected chi connectivity index (χ2v) is 8.92. The number of amides is 1. The van der Waals surface area contributed by atoms with E-state index in [1.807, 2.05) is 18.7 Å². The zero-order chi connectivity index (χ0) is 14.7. The van der Waals surface area contributed by atoms with E-state index in [1.54, 1.807) is 7.05 Å². The molecule has 3 fully saturated rings. The van der Waals surface area contributed by atoms with Crippen LogP contribution in [0.2, 0.25) is 0 Å². The summed E-state index contributed by atoms with van der Waals surface area (Å²) in [6, 6.07) is 0. The quantitative estimate of drug-likeness (QED) is 0.723. The first-order valence-corrected chi connectivity index (χ1v) is 8.66. The summed E-state index contributed by atoms with van der Waals surface area (Å²) >= 11 is 0. The van der Waals surface area contributed by atoms with Crippen LogP contribution >= 0.6 is 0 Å². The second kappa shape index (κ2) is 4.42. The van der Waals surface area contributed by atoms with Crippen LogP contribution in [-0.2, 0) is 19.6 Å². The average molecular weight is 302 g/mol. The lowest BCUT2D eigenvalue weighted by Gasteiger charge is -2.39. The number of ether oxygens (including phenoxy) is 1. The predicted octanol–water partition coefficient (Wildman–Crippen LogP) is 0.0462. The Balaban J connectivity index is 1.84. The highest BCUT2D eigenvalue weighted by Crippen LogP contribution is 2.46. The predicted molar refractivity (Wildman–Crippen MR) is 73.6 cm³/mol. The molecule has 114 valence electrons. The van der Waals surface area contributed by atoms with Gasteiger partial charge in [0.05, 0.1) is 12.6 Å². The van der Waals surface area contributed by atoms with Crippen molar-refractivity contribution in [3.63, 3.8) is 0 Å². The van der Waals surface area contributed by atoms with E-state index in [9.17, 15) is 13.2 Å². The first kappa shape index (κ1) is 14.3. The Morgan fingerprint density at radius 2 is 2.10 bits per heavy atom. The number of hydrogen-bond acceptors (Lipinski definition) is 4. The van der Waals surface area contributed by atoms with Gasteiger partial charge in [-0.15, -0.1) is 0 Å². The normalized spacial score (nSPS) is 39.3. The minimum atomic E-state index is -3.27. The van der Waals surface area contributed by atoms with Crippen LogP contribution in [0, 0.1) is 5.92 Å². The van der Waals surface area contributed by atoms with Gasteiger partial charge in [-0.3, -0.25) is 4.79 Å². The van der Waals surface area contributed by atoms with Gasteiger partial charge in [-0.05, 0) is 12.3 Å². The number of sulfonamides is 1. The van der Waals surface area contributed by atoms with E-state index < -0.39 is 20.9 Å². The Labute approximate surface area is 120 Å². The maximum Gasteiger partial charge on any atom is 0.223 e. The number of morpholine rings is 1. The molecule has 0 aromatic heterocycles. The van der Waals surface area contributed by atoms with Crippen LogP contribution in [0.5, 0.6) is 0 Å². The molecule has 3 heterocycles. The lowest BCUT2D eigenvalue weighted by atomic mass is 9.99. The number of likely N-dealkylation sites (N-methyl/N-ethyl adjacent to an activating group) is 1. The van der Waals surface area contributed by atoms with Crippen LogP contribution < -0.4 is 0 Å². The molecule has 0 N–H and O–H groups in total. The smallest absolute Gasteiger partial charge is 0.223 e. The minimum Gasteiger partial charge on any atom is -0.365 e. The molecule has 3 aliphatic rings. The summed E-state index contributed by atoms with van der Waals surface area (Å²) in [6.07, 6.45) is 0.891. The van der Waals surface area contributed by atoms with E-state index in [2.05, 4.69) is 0 Å². The van der Waals surface area contributed by atoms with Crippen molar-refractivity contribution in [3.8, 4) is 0 Å². The molecule has 3 rings (SSSR count). The van der Waals surface area contributed by atoms with Crippen LogP contribution in [0.4, 0.5) is 0 Å². The lowest BCUT2D eigenvalue weighted by molar-refractivity contribution is -0.151. The molecule has 1 spiro atoms. The summed E-state index contributed by atoms with van der Waals surface area (Å²) < 4.78 is 32.0. The number of nitrogens with zero attached hydrogens (tertiary/aromatic N) is 2. The Hall–Kier alpha value is -0.660. The van der Waals surface area contributed by atoms with Gasteiger partial charge in [-0.2, -0.15) is 0 Å². The van der Waals surface area contributed by atoms with Crippen LogP contribution in [0.3, 0.4) is 0 Å². The summed E-state index contributed by atoms with van der Waals surface area (Å²) in [5, 5.41) is -0.484. The Bertz CT molecular complexity index is 532. The molecule has 0 aromatic carbocycles. The fourth-order valence-corrected chi connectivity index (χ4v) is 5.77. The standard InChI is InChI=1S/C13H22N2O4S/c1-9(2)4-12(16)15-6-10-5-11-13(8-15,19-10)7-14(3)20(11,17)18/h9-11H,4-8H2,1-3H3/t10-,11+,13-/m1/s1. The maximum absolute atomic E-state index is 12.3. The molecule has 3 saturated heterocycles. The van der Waals surface area contributed by atoms with Crippen molar-refractivity contribution in [3.05, 3.63) is 0 Å². The molecule has 0 aliphatic carbocycles. The molecule has 0 unspecified atom stereocenters. The molecule has 3 atom stereocenters. The van der Waals surface area contributed by atoms with Crippen LogP contribution in [-0.4, -0.2) is 67.2 Å².